The van der Waals surface area contributed by atoms with E-state index in [0.717, 1.165) is 0 Å². The summed E-state index contributed by atoms with van der Waals surface area (Å²) in [4.78, 5) is 13.9. The predicted molar refractivity (Wildman–Crippen MR) is 95.8 cm³/mol. The first-order chi connectivity index (χ1) is 12.8. The molecule has 1 aromatic carbocycles. The maximum Gasteiger partial charge on any atom is 0.410 e. The van der Waals surface area contributed by atoms with Crippen LogP contribution in [0.1, 0.15) is 39.7 Å². The maximum atomic E-state index is 13.5. The lowest BCUT2D eigenvalue weighted by molar-refractivity contribution is 0.0185. The van der Waals surface area contributed by atoms with E-state index in [0.29, 0.717) is 43.1 Å². The Balaban J connectivity index is 1.74. The van der Waals surface area contributed by atoms with Crippen molar-refractivity contribution in [3.8, 4) is 17.1 Å². The fraction of sp³-hybridized carbons (Fsp3) is 0.556. The second kappa shape index (κ2) is 7.50. The molecule has 0 atom stereocenters. The molecule has 27 heavy (non-hydrogen) atoms. The molecule has 1 amide bonds. The minimum atomic E-state index is -0.518. The Morgan fingerprint density at radius 3 is 2.59 bits per heavy atom. The summed E-state index contributed by atoms with van der Waals surface area (Å²) in [7, 11) is 1.48. The Hall–Kier alpha value is -2.71. The zero-order chi connectivity index (χ0) is 19.6. The standard InChI is InChI=1S/C18H24FN5O3/c1-18(2,3)27-17(25)23-9-7-13(8-10-23)24-16(20-21-22-24)14-6-5-12(19)11-15(14)26-4/h5-6,11,13H,7-10H2,1-4H3. The molecule has 9 heteroatoms. The number of ether oxygens (including phenoxy) is 2. The molecule has 0 bridgehead atoms. The van der Waals surface area contributed by atoms with Gasteiger partial charge in [0.15, 0.2) is 5.82 Å². The van der Waals surface area contributed by atoms with Crippen molar-refractivity contribution in [2.45, 2.75) is 45.3 Å². The summed E-state index contributed by atoms with van der Waals surface area (Å²) in [5, 5.41) is 12.0. The molecular formula is C18H24FN5O3. The first-order valence-electron chi connectivity index (χ1n) is 8.88. The number of amides is 1. The summed E-state index contributed by atoms with van der Waals surface area (Å²) >= 11 is 0. The van der Waals surface area contributed by atoms with E-state index in [9.17, 15) is 9.18 Å². The van der Waals surface area contributed by atoms with Crippen molar-refractivity contribution in [2.75, 3.05) is 20.2 Å². The summed E-state index contributed by atoms with van der Waals surface area (Å²) in [6, 6.07) is 4.29. The molecule has 2 heterocycles. The lowest BCUT2D eigenvalue weighted by Gasteiger charge is -2.33. The van der Waals surface area contributed by atoms with E-state index >= 15 is 0 Å². The number of nitrogens with zero attached hydrogens (tertiary/aromatic N) is 5. The highest BCUT2D eigenvalue weighted by atomic mass is 19.1. The third-order valence-corrected chi connectivity index (χ3v) is 4.36. The van der Waals surface area contributed by atoms with E-state index in [4.69, 9.17) is 9.47 Å². The van der Waals surface area contributed by atoms with Crippen molar-refractivity contribution in [1.29, 1.82) is 0 Å². The number of carbonyl (C=O) groups is 1. The van der Waals surface area contributed by atoms with Crippen molar-refractivity contribution >= 4 is 6.09 Å². The van der Waals surface area contributed by atoms with Gasteiger partial charge in [0, 0.05) is 19.2 Å². The lowest BCUT2D eigenvalue weighted by atomic mass is 10.0. The molecule has 146 valence electrons. The number of methoxy groups -OCH3 is 1. The van der Waals surface area contributed by atoms with Gasteiger partial charge in [-0.05, 0) is 56.2 Å². The van der Waals surface area contributed by atoms with Gasteiger partial charge in [0.05, 0.1) is 18.7 Å². The number of carbonyl (C=O) groups excluding carboxylic acids is 1. The Labute approximate surface area is 157 Å². The van der Waals surface area contributed by atoms with Gasteiger partial charge in [-0.1, -0.05) is 0 Å². The molecule has 1 aliphatic rings. The number of piperidine rings is 1. The van der Waals surface area contributed by atoms with E-state index in [1.54, 1.807) is 15.6 Å². The first-order valence-corrected chi connectivity index (χ1v) is 8.88. The summed E-state index contributed by atoms with van der Waals surface area (Å²) in [6.07, 6.45) is 1.08. The second-order valence-corrected chi connectivity index (χ2v) is 7.49. The average molecular weight is 377 g/mol. The first kappa shape index (κ1) is 19.1. The highest BCUT2D eigenvalue weighted by molar-refractivity contribution is 5.68. The van der Waals surface area contributed by atoms with Crippen molar-refractivity contribution in [3.63, 3.8) is 0 Å². The minimum absolute atomic E-state index is 0.0310. The molecule has 0 N–H and O–H groups in total. The fourth-order valence-electron chi connectivity index (χ4n) is 3.09. The Kier molecular flexibility index (Phi) is 5.29. The SMILES string of the molecule is COc1cc(F)ccc1-c1nnnn1C1CCN(C(=O)OC(C)(C)C)CC1. The molecule has 1 saturated heterocycles. The van der Waals surface area contributed by atoms with Crippen LogP contribution in [0.3, 0.4) is 0 Å². The zero-order valence-electron chi connectivity index (χ0n) is 16.0. The largest absolute Gasteiger partial charge is 0.496 e. The Morgan fingerprint density at radius 2 is 1.96 bits per heavy atom. The van der Waals surface area contributed by atoms with Crippen LogP contribution in [0.5, 0.6) is 5.75 Å². The number of hydrogen-bond acceptors (Lipinski definition) is 6. The van der Waals surface area contributed by atoms with Gasteiger partial charge in [0.1, 0.15) is 17.2 Å². The molecule has 2 aromatic rings. The van der Waals surface area contributed by atoms with Gasteiger partial charge in [0.25, 0.3) is 0 Å². The van der Waals surface area contributed by atoms with Gasteiger partial charge < -0.3 is 14.4 Å². The van der Waals surface area contributed by atoms with Crippen LogP contribution < -0.4 is 4.74 Å². The van der Waals surface area contributed by atoms with Crippen LogP contribution in [0, 0.1) is 5.82 Å². The van der Waals surface area contributed by atoms with Gasteiger partial charge in [-0.25, -0.2) is 13.9 Å². The van der Waals surface area contributed by atoms with Crippen molar-refractivity contribution in [2.24, 2.45) is 0 Å². The Morgan fingerprint density at radius 1 is 1.26 bits per heavy atom. The number of rotatable bonds is 3. The van der Waals surface area contributed by atoms with Gasteiger partial charge in [-0.15, -0.1) is 5.10 Å². The minimum Gasteiger partial charge on any atom is -0.496 e. The summed E-state index contributed by atoms with van der Waals surface area (Å²) < 4.78 is 25.9. The van der Waals surface area contributed by atoms with E-state index in [1.807, 2.05) is 20.8 Å². The highest BCUT2D eigenvalue weighted by Gasteiger charge is 2.29. The van der Waals surface area contributed by atoms with Crippen molar-refractivity contribution in [1.82, 2.24) is 25.1 Å². The molecule has 8 nitrogen and oxygen atoms in total. The van der Waals surface area contributed by atoms with E-state index in [2.05, 4.69) is 15.5 Å². The lowest BCUT2D eigenvalue weighted by Crippen LogP contribution is -2.42. The van der Waals surface area contributed by atoms with E-state index in [-0.39, 0.29) is 18.0 Å². The van der Waals surface area contributed by atoms with Crippen LogP contribution in [0.4, 0.5) is 9.18 Å². The van der Waals surface area contributed by atoms with Crippen LogP contribution >= 0.6 is 0 Å². The van der Waals surface area contributed by atoms with Crippen molar-refractivity contribution < 1.29 is 18.7 Å². The number of hydrogen-bond donors (Lipinski definition) is 0. The third-order valence-electron chi connectivity index (χ3n) is 4.36. The topological polar surface area (TPSA) is 82.4 Å². The average Bonchev–Trinajstić information content (AvgIpc) is 3.09. The predicted octanol–water partition coefficient (Wildman–Crippen LogP) is 3.06. The monoisotopic (exact) mass is 377 g/mol. The molecule has 3 rings (SSSR count). The number of halogens is 1. The van der Waals surface area contributed by atoms with Crippen LogP contribution in [0.2, 0.25) is 0 Å². The van der Waals surface area contributed by atoms with Crippen LogP contribution in [-0.2, 0) is 4.74 Å². The van der Waals surface area contributed by atoms with E-state index < -0.39 is 5.60 Å². The normalized spacial score (nSPS) is 15.7. The molecule has 0 saturated carbocycles. The van der Waals surface area contributed by atoms with Crippen molar-refractivity contribution in [3.05, 3.63) is 24.0 Å². The maximum absolute atomic E-state index is 13.5. The second-order valence-electron chi connectivity index (χ2n) is 7.49. The van der Waals surface area contributed by atoms with E-state index in [1.165, 1.54) is 19.2 Å². The number of tetrazole rings is 1. The smallest absolute Gasteiger partial charge is 0.410 e. The third kappa shape index (κ3) is 4.35. The van der Waals surface area contributed by atoms with Crippen LogP contribution in [0.15, 0.2) is 18.2 Å². The summed E-state index contributed by atoms with van der Waals surface area (Å²) in [5.41, 5.74) is 0.106. The molecule has 0 spiro atoms. The molecule has 1 aromatic heterocycles. The van der Waals surface area contributed by atoms with Gasteiger partial charge in [-0.2, -0.15) is 0 Å². The quantitative estimate of drug-likeness (QED) is 0.818. The highest BCUT2D eigenvalue weighted by Crippen LogP contribution is 2.32. The number of benzene rings is 1. The van der Waals surface area contributed by atoms with Crippen LogP contribution in [0.25, 0.3) is 11.4 Å². The molecule has 0 radical (unpaired) electrons. The summed E-state index contributed by atoms with van der Waals surface area (Å²) in [6.45, 7) is 6.65. The molecule has 0 aliphatic carbocycles. The Bertz CT molecular complexity index is 810. The van der Waals surface area contributed by atoms with Crippen LogP contribution in [-0.4, -0.2) is 57.0 Å². The fourth-order valence-corrected chi connectivity index (χ4v) is 3.09. The van der Waals surface area contributed by atoms with Gasteiger partial charge >= 0.3 is 6.09 Å². The molecule has 0 unspecified atom stereocenters. The number of aromatic nitrogens is 4. The molecular weight excluding hydrogens is 353 g/mol. The molecule has 1 aliphatic heterocycles. The number of likely N-dealkylation sites (tertiary alicyclic amines) is 1. The zero-order valence-corrected chi connectivity index (χ0v) is 16.0. The van der Waals surface area contributed by atoms with Gasteiger partial charge in [-0.3, -0.25) is 0 Å². The molecule has 1 fully saturated rings. The van der Waals surface area contributed by atoms with Gasteiger partial charge in [0.2, 0.25) is 0 Å². The summed E-state index contributed by atoms with van der Waals surface area (Å²) in [5.74, 6) is 0.500.